The third-order valence-electron chi connectivity index (χ3n) is 4.70. The second-order valence-corrected chi connectivity index (χ2v) is 7.20. The lowest BCUT2D eigenvalue weighted by atomic mass is 9.96. The van der Waals surface area contributed by atoms with Crippen LogP contribution < -0.4 is 14.8 Å². The summed E-state index contributed by atoms with van der Waals surface area (Å²) < 4.78 is 16.2. The number of esters is 1. The van der Waals surface area contributed by atoms with Gasteiger partial charge in [0.2, 0.25) is 0 Å². The van der Waals surface area contributed by atoms with Crippen molar-refractivity contribution in [2.24, 2.45) is 0 Å². The van der Waals surface area contributed by atoms with Crippen molar-refractivity contribution in [2.75, 3.05) is 26.4 Å². The lowest BCUT2D eigenvalue weighted by molar-refractivity contribution is -0.151. The van der Waals surface area contributed by atoms with E-state index in [0.717, 1.165) is 11.3 Å². The largest absolute Gasteiger partial charge is 0.494 e. The fourth-order valence-electron chi connectivity index (χ4n) is 2.98. The van der Waals surface area contributed by atoms with E-state index < -0.39 is 5.41 Å². The van der Waals surface area contributed by atoms with Crippen molar-refractivity contribution in [3.63, 3.8) is 0 Å². The smallest absolute Gasteiger partial charge is 0.317 e. The van der Waals surface area contributed by atoms with Crippen LogP contribution in [-0.4, -0.2) is 38.2 Å². The van der Waals surface area contributed by atoms with Crippen molar-refractivity contribution in [1.82, 2.24) is 5.32 Å². The number of rotatable bonds is 10. The maximum Gasteiger partial charge on any atom is 0.317 e. The van der Waals surface area contributed by atoms with Gasteiger partial charge in [-0.1, -0.05) is 23.7 Å². The predicted octanol–water partition coefficient (Wildman–Crippen LogP) is 3.51. The van der Waals surface area contributed by atoms with Crippen LogP contribution in [-0.2, 0) is 19.7 Å². The maximum atomic E-state index is 12.4. The van der Waals surface area contributed by atoms with Gasteiger partial charge in [-0.15, -0.1) is 0 Å². The molecule has 2 aromatic rings. The van der Waals surface area contributed by atoms with Crippen LogP contribution in [0.3, 0.4) is 0 Å². The average molecular weight is 418 g/mol. The van der Waals surface area contributed by atoms with E-state index in [1.165, 1.54) is 0 Å². The Morgan fingerprint density at radius 3 is 2.21 bits per heavy atom. The molecular formula is C22H24ClNO5. The number of ether oxygens (including phenoxy) is 3. The fourth-order valence-corrected chi connectivity index (χ4v) is 3.11. The fraction of sp³-hybridized carbons (Fsp3) is 0.364. The van der Waals surface area contributed by atoms with Crippen molar-refractivity contribution in [3.05, 3.63) is 59.1 Å². The van der Waals surface area contributed by atoms with E-state index in [9.17, 15) is 9.59 Å². The maximum absolute atomic E-state index is 12.4. The highest BCUT2D eigenvalue weighted by atomic mass is 35.5. The lowest BCUT2D eigenvalue weighted by Gasteiger charge is -2.15. The molecule has 0 radical (unpaired) electrons. The summed E-state index contributed by atoms with van der Waals surface area (Å²) >= 11 is 5.90. The van der Waals surface area contributed by atoms with Crippen LogP contribution in [0.15, 0.2) is 48.5 Å². The van der Waals surface area contributed by atoms with Gasteiger partial charge in [0.05, 0.1) is 18.6 Å². The van der Waals surface area contributed by atoms with Crippen LogP contribution in [0.25, 0.3) is 0 Å². The first kappa shape index (κ1) is 21.0. The van der Waals surface area contributed by atoms with E-state index in [2.05, 4.69) is 5.32 Å². The second kappa shape index (κ2) is 9.65. The highest BCUT2D eigenvalue weighted by Crippen LogP contribution is 2.49. The zero-order chi connectivity index (χ0) is 20.7. The zero-order valence-corrected chi connectivity index (χ0v) is 17.0. The molecule has 1 N–H and O–H groups in total. The first-order valence-electron chi connectivity index (χ1n) is 9.59. The van der Waals surface area contributed by atoms with Crippen LogP contribution in [0.2, 0.25) is 5.02 Å². The SMILES string of the molecule is CCOc1ccc(OCCNC(=O)COC(=O)C2(c3ccc(Cl)cc3)CC2)cc1. The molecule has 0 aliphatic heterocycles. The monoisotopic (exact) mass is 417 g/mol. The van der Waals surface area contributed by atoms with Gasteiger partial charge in [0.15, 0.2) is 6.61 Å². The molecule has 0 heterocycles. The third-order valence-corrected chi connectivity index (χ3v) is 4.95. The van der Waals surface area contributed by atoms with E-state index in [0.29, 0.717) is 43.4 Å². The Balaban J connectivity index is 1.35. The van der Waals surface area contributed by atoms with Crippen molar-refractivity contribution >= 4 is 23.5 Å². The summed E-state index contributed by atoms with van der Waals surface area (Å²) in [7, 11) is 0. The van der Waals surface area contributed by atoms with E-state index in [1.54, 1.807) is 24.3 Å². The topological polar surface area (TPSA) is 73.9 Å². The van der Waals surface area contributed by atoms with E-state index in [4.69, 9.17) is 25.8 Å². The van der Waals surface area contributed by atoms with Gasteiger partial charge in [-0.05, 0) is 61.7 Å². The van der Waals surface area contributed by atoms with Crippen LogP contribution >= 0.6 is 11.6 Å². The average Bonchev–Trinajstić information content (AvgIpc) is 3.53. The van der Waals surface area contributed by atoms with Gasteiger partial charge in [-0.3, -0.25) is 9.59 Å². The molecule has 1 aliphatic rings. The summed E-state index contributed by atoms with van der Waals surface area (Å²) in [5, 5.41) is 3.29. The van der Waals surface area contributed by atoms with Gasteiger partial charge < -0.3 is 19.5 Å². The molecule has 0 saturated heterocycles. The first-order chi connectivity index (χ1) is 14.0. The Kier molecular flexibility index (Phi) is 6.99. The minimum atomic E-state index is -0.637. The number of hydrogen-bond donors (Lipinski definition) is 1. The first-order valence-corrected chi connectivity index (χ1v) is 9.97. The highest BCUT2D eigenvalue weighted by molar-refractivity contribution is 6.30. The van der Waals surface area contributed by atoms with Crippen molar-refractivity contribution in [1.29, 1.82) is 0 Å². The number of carbonyl (C=O) groups excluding carboxylic acids is 2. The Morgan fingerprint density at radius 2 is 1.62 bits per heavy atom. The van der Waals surface area contributed by atoms with Gasteiger partial charge in [0, 0.05) is 5.02 Å². The minimum Gasteiger partial charge on any atom is -0.494 e. The van der Waals surface area contributed by atoms with Crippen LogP contribution in [0.5, 0.6) is 11.5 Å². The molecule has 29 heavy (non-hydrogen) atoms. The zero-order valence-electron chi connectivity index (χ0n) is 16.3. The normalized spacial score (nSPS) is 14.0. The Bertz CT molecular complexity index is 831. The molecular weight excluding hydrogens is 394 g/mol. The molecule has 2 aromatic carbocycles. The molecule has 1 amide bonds. The van der Waals surface area contributed by atoms with E-state index >= 15 is 0 Å². The van der Waals surface area contributed by atoms with Crippen molar-refractivity contribution in [2.45, 2.75) is 25.2 Å². The van der Waals surface area contributed by atoms with Crippen LogP contribution in [0, 0.1) is 0 Å². The van der Waals surface area contributed by atoms with Crippen LogP contribution in [0.4, 0.5) is 0 Å². The Hall–Kier alpha value is -2.73. The summed E-state index contributed by atoms with van der Waals surface area (Å²) in [6, 6.07) is 14.4. The molecule has 1 aliphatic carbocycles. The van der Waals surface area contributed by atoms with Gasteiger partial charge >= 0.3 is 5.97 Å². The third kappa shape index (κ3) is 5.64. The lowest BCUT2D eigenvalue weighted by Crippen LogP contribution is -2.34. The Morgan fingerprint density at radius 1 is 1.00 bits per heavy atom. The number of benzene rings is 2. The molecule has 3 rings (SSSR count). The van der Waals surface area contributed by atoms with E-state index in [-0.39, 0.29) is 18.5 Å². The molecule has 1 fully saturated rings. The quantitative estimate of drug-likeness (QED) is 0.473. The van der Waals surface area contributed by atoms with E-state index in [1.807, 2.05) is 31.2 Å². The summed E-state index contributed by atoms with van der Waals surface area (Å²) in [6.45, 7) is 2.84. The summed E-state index contributed by atoms with van der Waals surface area (Å²) in [6.07, 6.45) is 1.43. The summed E-state index contributed by atoms with van der Waals surface area (Å²) in [5.74, 6) is 0.732. The van der Waals surface area contributed by atoms with Crippen LogP contribution in [0.1, 0.15) is 25.3 Å². The number of hydrogen-bond acceptors (Lipinski definition) is 5. The Labute approximate surface area is 175 Å². The molecule has 0 aromatic heterocycles. The minimum absolute atomic E-state index is 0.308. The summed E-state index contributed by atoms with van der Waals surface area (Å²) in [5.41, 5.74) is 0.234. The van der Waals surface area contributed by atoms with Gasteiger partial charge in [-0.2, -0.15) is 0 Å². The van der Waals surface area contributed by atoms with Crippen molar-refractivity contribution in [3.8, 4) is 11.5 Å². The molecule has 1 saturated carbocycles. The number of nitrogens with one attached hydrogen (secondary N) is 1. The molecule has 154 valence electrons. The molecule has 6 nitrogen and oxygen atoms in total. The molecule has 0 bridgehead atoms. The van der Waals surface area contributed by atoms with Gasteiger partial charge in [0.25, 0.3) is 5.91 Å². The van der Waals surface area contributed by atoms with Gasteiger partial charge in [-0.25, -0.2) is 0 Å². The van der Waals surface area contributed by atoms with Gasteiger partial charge in [0.1, 0.15) is 18.1 Å². The molecule has 0 atom stereocenters. The summed E-state index contributed by atoms with van der Waals surface area (Å²) in [4.78, 5) is 24.4. The molecule has 7 heteroatoms. The standard InChI is InChI=1S/C22H24ClNO5/c1-2-27-18-7-9-19(10-8-18)28-14-13-24-20(25)15-29-21(26)22(11-12-22)16-3-5-17(23)6-4-16/h3-10H,2,11-15H2,1H3,(H,24,25). The van der Waals surface area contributed by atoms with Crippen molar-refractivity contribution < 1.29 is 23.8 Å². The number of amides is 1. The number of halogens is 1. The molecule has 0 unspecified atom stereocenters. The second-order valence-electron chi connectivity index (χ2n) is 6.77. The number of carbonyl (C=O) groups is 2. The molecule has 0 spiro atoms. The predicted molar refractivity (Wildman–Crippen MR) is 109 cm³/mol. The highest BCUT2D eigenvalue weighted by Gasteiger charge is 2.52.